The van der Waals surface area contributed by atoms with Crippen LogP contribution in [0.3, 0.4) is 0 Å². The van der Waals surface area contributed by atoms with Crippen LogP contribution in [0.5, 0.6) is 0 Å². The summed E-state index contributed by atoms with van der Waals surface area (Å²) < 4.78 is 0. The smallest absolute Gasteiger partial charge is 0.223 e. The molecular weight excluding hydrogens is 254 g/mol. The van der Waals surface area contributed by atoms with Crippen LogP contribution in [0.15, 0.2) is 0 Å². The van der Waals surface area contributed by atoms with Crippen LogP contribution < -0.4 is 5.32 Å². The van der Waals surface area contributed by atoms with Gasteiger partial charge in [-0.15, -0.1) is 0 Å². The Labute approximate surface area is 101 Å². The molecule has 2 nitrogen and oxygen atoms in total. The summed E-state index contributed by atoms with van der Waals surface area (Å²) >= 11 is 3.42. The molecule has 1 saturated carbocycles. The Morgan fingerprint density at radius 2 is 1.93 bits per heavy atom. The molecule has 0 spiro atoms. The van der Waals surface area contributed by atoms with Crippen molar-refractivity contribution in [2.45, 2.75) is 45.4 Å². The number of amides is 1. The van der Waals surface area contributed by atoms with Crippen molar-refractivity contribution in [3.05, 3.63) is 0 Å². The zero-order chi connectivity index (χ0) is 11.1. The van der Waals surface area contributed by atoms with Crippen LogP contribution in [0, 0.1) is 11.8 Å². The van der Waals surface area contributed by atoms with Crippen molar-refractivity contribution in [3.63, 3.8) is 0 Å². The molecule has 0 radical (unpaired) electrons. The van der Waals surface area contributed by atoms with E-state index in [4.69, 9.17) is 0 Å². The van der Waals surface area contributed by atoms with E-state index in [9.17, 15) is 4.79 Å². The fourth-order valence-electron chi connectivity index (χ4n) is 2.02. The summed E-state index contributed by atoms with van der Waals surface area (Å²) in [5, 5.41) is 4.02. The molecule has 0 bridgehead atoms. The van der Waals surface area contributed by atoms with Crippen LogP contribution in [-0.4, -0.2) is 17.8 Å². The van der Waals surface area contributed by atoms with Gasteiger partial charge in [-0.05, 0) is 18.8 Å². The molecule has 1 aliphatic carbocycles. The van der Waals surface area contributed by atoms with Gasteiger partial charge in [-0.1, -0.05) is 48.5 Å². The maximum atomic E-state index is 11.8. The minimum atomic E-state index is 0.282. The van der Waals surface area contributed by atoms with Crippen molar-refractivity contribution in [2.24, 2.45) is 11.8 Å². The van der Waals surface area contributed by atoms with Gasteiger partial charge in [0.25, 0.3) is 0 Å². The fraction of sp³-hybridized carbons (Fsp3) is 0.917. The van der Waals surface area contributed by atoms with Gasteiger partial charge in [-0.2, -0.15) is 0 Å². The van der Waals surface area contributed by atoms with Crippen LogP contribution in [-0.2, 0) is 4.79 Å². The van der Waals surface area contributed by atoms with E-state index in [1.54, 1.807) is 0 Å². The van der Waals surface area contributed by atoms with Crippen molar-refractivity contribution >= 4 is 21.8 Å². The van der Waals surface area contributed by atoms with E-state index in [0.717, 1.165) is 24.7 Å². The second-order valence-corrected chi connectivity index (χ2v) is 5.34. The van der Waals surface area contributed by atoms with E-state index in [0.29, 0.717) is 5.92 Å². The Balaban J connectivity index is 2.25. The van der Waals surface area contributed by atoms with E-state index in [-0.39, 0.29) is 11.8 Å². The first-order valence-corrected chi connectivity index (χ1v) is 7.20. The molecule has 1 rings (SSSR count). The number of alkyl halides is 1. The largest absolute Gasteiger partial charge is 0.356 e. The molecule has 1 unspecified atom stereocenters. The average Bonchev–Trinajstić information content (AvgIpc) is 2.53. The number of halogens is 1. The van der Waals surface area contributed by atoms with Gasteiger partial charge in [0.15, 0.2) is 0 Å². The molecule has 0 aromatic heterocycles. The Morgan fingerprint density at radius 1 is 1.33 bits per heavy atom. The molecule has 1 fully saturated rings. The van der Waals surface area contributed by atoms with Gasteiger partial charge in [0.1, 0.15) is 0 Å². The highest BCUT2D eigenvalue weighted by Gasteiger charge is 2.19. The Morgan fingerprint density at radius 3 is 2.47 bits per heavy atom. The van der Waals surface area contributed by atoms with Crippen molar-refractivity contribution in [3.8, 4) is 0 Å². The van der Waals surface area contributed by atoms with Gasteiger partial charge in [0.2, 0.25) is 5.91 Å². The van der Waals surface area contributed by atoms with E-state index in [1.165, 1.54) is 25.7 Å². The van der Waals surface area contributed by atoms with Crippen LogP contribution in [0.2, 0.25) is 0 Å². The van der Waals surface area contributed by atoms with Crippen LogP contribution in [0.1, 0.15) is 45.4 Å². The standard InChI is InChI=1S/C12H22BrNO/c1-10(8-13)9-14-12(15)11-6-4-2-3-5-7-11/h10-11H,2-9H2,1H3,(H,14,15). The predicted molar refractivity (Wildman–Crippen MR) is 67.2 cm³/mol. The lowest BCUT2D eigenvalue weighted by Gasteiger charge is -2.15. The van der Waals surface area contributed by atoms with Crippen LogP contribution >= 0.6 is 15.9 Å². The quantitative estimate of drug-likeness (QED) is 0.620. The number of hydrogen-bond acceptors (Lipinski definition) is 1. The molecule has 0 aliphatic heterocycles. The van der Waals surface area contributed by atoms with Gasteiger partial charge in [-0.25, -0.2) is 0 Å². The van der Waals surface area contributed by atoms with Crippen molar-refractivity contribution in [2.75, 3.05) is 11.9 Å². The maximum Gasteiger partial charge on any atom is 0.223 e. The average molecular weight is 276 g/mol. The van der Waals surface area contributed by atoms with Gasteiger partial charge < -0.3 is 5.32 Å². The second kappa shape index (κ2) is 7.26. The molecule has 0 aromatic carbocycles. The summed E-state index contributed by atoms with van der Waals surface area (Å²) in [5.41, 5.74) is 0. The molecule has 1 amide bonds. The third kappa shape index (κ3) is 5.01. The van der Waals surface area contributed by atoms with E-state index in [2.05, 4.69) is 28.2 Å². The minimum absolute atomic E-state index is 0.282. The summed E-state index contributed by atoms with van der Waals surface area (Å²) in [7, 11) is 0. The third-order valence-corrected chi connectivity index (χ3v) is 4.22. The highest BCUT2D eigenvalue weighted by atomic mass is 79.9. The van der Waals surface area contributed by atoms with Crippen molar-refractivity contribution in [1.29, 1.82) is 0 Å². The molecule has 0 heterocycles. The number of carbonyl (C=O) groups is 1. The topological polar surface area (TPSA) is 29.1 Å². The van der Waals surface area contributed by atoms with Crippen LogP contribution in [0.25, 0.3) is 0 Å². The molecular formula is C12H22BrNO. The number of nitrogens with one attached hydrogen (secondary N) is 1. The lowest BCUT2D eigenvalue weighted by Crippen LogP contribution is -2.34. The van der Waals surface area contributed by atoms with E-state index < -0.39 is 0 Å². The Kier molecular flexibility index (Phi) is 6.30. The van der Waals surface area contributed by atoms with Gasteiger partial charge >= 0.3 is 0 Å². The highest BCUT2D eigenvalue weighted by Crippen LogP contribution is 2.22. The maximum absolute atomic E-state index is 11.8. The molecule has 1 atom stereocenters. The van der Waals surface area contributed by atoms with Gasteiger partial charge in [-0.3, -0.25) is 4.79 Å². The number of hydrogen-bond donors (Lipinski definition) is 1. The summed E-state index contributed by atoms with van der Waals surface area (Å²) in [6.45, 7) is 2.95. The summed E-state index contributed by atoms with van der Waals surface area (Å²) in [6, 6.07) is 0. The molecule has 15 heavy (non-hydrogen) atoms. The molecule has 0 aromatic rings. The monoisotopic (exact) mass is 275 g/mol. The first kappa shape index (κ1) is 13.0. The summed E-state index contributed by atoms with van der Waals surface area (Å²) in [5.74, 6) is 1.10. The molecule has 1 N–H and O–H groups in total. The predicted octanol–water partition coefficient (Wildman–Crippen LogP) is 3.10. The van der Waals surface area contributed by atoms with E-state index in [1.807, 2.05) is 0 Å². The summed E-state index contributed by atoms with van der Waals surface area (Å²) in [4.78, 5) is 11.8. The highest BCUT2D eigenvalue weighted by molar-refractivity contribution is 9.09. The van der Waals surface area contributed by atoms with Crippen molar-refractivity contribution < 1.29 is 4.79 Å². The van der Waals surface area contributed by atoms with E-state index >= 15 is 0 Å². The molecule has 3 heteroatoms. The first-order valence-electron chi connectivity index (χ1n) is 6.07. The minimum Gasteiger partial charge on any atom is -0.356 e. The third-order valence-electron chi connectivity index (χ3n) is 3.11. The zero-order valence-corrected chi connectivity index (χ0v) is 11.2. The fourth-order valence-corrected chi connectivity index (χ4v) is 2.24. The number of rotatable bonds is 4. The lowest BCUT2D eigenvalue weighted by atomic mass is 9.99. The summed E-state index contributed by atoms with van der Waals surface area (Å²) in [6.07, 6.45) is 7.25. The Hall–Kier alpha value is -0.0500. The lowest BCUT2D eigenvalue weighted by molar-refractivity contribution is -0.125. The van der Waals surface area contributed by atoms with Crippen molar-refractivity contribution in [1.82, 2.24) is 5.32 Å². The van der Waals surface area contributed by atoms with Crippen LogP contribution in [0.4, 0.5) is 0 Å². The normalized spacial score (nSPS) is 20.7. The zero-order valence-electron chi connectivity index (χ0n) is 9.60. The number of carbonyl (C=O) groups excluding carboxylic acids is 1. The first-order chi connectivity index (χ1) is 7.24. The second-order valence-electron chi connectivity index (χ2n) is 4.69. The van der Waals surface area contributed by atoms with Gasteiger partial charge in [0, 0.05) is 17.8 Å². The molecule has 0 saturated heterocycles. The molecule has 1 aliphatic rings. The SMILES string of the molecule is CC(CBr)CNC(=O)C1CCCCCC1. The van der Waals surface area contributed by atoms with Gasteiger partial charge in [0.05, 0.1) is 0 Å². The molecule has 88 valence electrons. The Bertz CT molecular complexity index is 188.